The number of nitrogens with two attached hydrogens (primary N) is 1. The maximum atomic E-state index is 7.78. The maximum Gasteiger partial charge on any atom is 0.126 e. The van der Waals surface area contributed by atoms with Gasteiger partial charge in [-0.05, 0) is 30.4 Å². The van der Waals surface area contributed by atoms with Gasteiger partial charge in [0, 0.05) is 11.1 Å². The van der Waals surface area contributed by atoms with Gasteiger partial charge in [0.2, 0.25) is 0 Å². The van der Waals surface area contributed by atoms with Gasteiger partial charge in [0.15, 0.2) is 0 Å². The third-order valence-electron chi connectivity index (χ3n) is 2.94. The summed E-state index contributed by atoms with van der Waals surface area (Å²) in [6.45, 7) is 4.22. The number of hydrogen-bond donors (Lipinski definition) is 2. The number of thioether (sulfide) groups is 1. The number of nitrogen functional groups attached to an aromatic ring is 1. The molecular formula is C14H18N4S. The predicted molar refractivity (Wildman–Crippen MR) is 80.5 cm³/mol. The van der Waals surface area contributed by atoms with Crippen molar-refractivity contribution in [3.63, 3.8) is 0 Å². The van der Waals surface area contributed by atoms with E-state index in [1.165, 1.54) is 0 Å². The second-order valence-electron chi connectivity index (χ2n) is 4.61. The van der Waals surface area contributed by atoms with Crippen LogP contribution in [0.25, 0.3) is 5.69 Å². The third kappa shape index (κ3) is 2.66. The maximum absolute atomic E-state index is 7.78. The zero-order chi connectivity index (χ0) is 14.0. The van der Waals surface area contributed by atoms with Crippen LogP contribution >= 0.6 is 11.8 Å². The van der Waals surface area contributed by atoms with Gasteiger partial charge in [-0.15, -0.1) is 11.8 Å². The van der Waals surface area contributed by atoms with Gasteiger partial charge < -0.3 is 5.73 Å². The Morgan fingerprint density at radius 3 is 2.63 bits per heavy atom. The number of rotatable bonds is 4. The summed E-state index contributed by atoms with van der Waals surface area (Å²) < 4.78 is 1.80. The van der Waals surface area contributed by atoms with Gasteiger partial charge in [-0.3, -0.25) is 5.41 Å². The molecule has 0 atom stereocenters. The standard InChI is InChI=1S/C14H18N4S/c1-9(2)10-7-8-18(17-10)11-5-4-6-12(19-3)13(11)14(15)16/h4-9H,1-3H3,(H3,15,16). The van der Waals surface area contributed by atoms with Crippen LogP contribution in [-0.2, 0) is 0 Å². The molecule has 1 heterocycles. The number of nitrogens with zero attached hydrogens (tertiary/aromatic N) is 2. The Morgan fingerprint density at radius 2 is 2.11 bits per heavy atom. The van der Waals surface area contributed by atoms with Gasteiger partial charge in [0.05, 0.1) is 16.9 Å². The monoisotopic (exact) mass is 274 g/mol. The SMILES string of the molecule is CSc1cccc(-n2ccc(C(C)C)n2)c1C(=N)N. The second kappa shape index (κ2) is 5.48. The lowest BCUT2D eigenvalue weighted by Crippen LogP contribution is -2.16. The minimum absolute atomic E-state index is 0.0709. The minimum atomic E-state index is 0.0709. The van der Waals surface area contributed by atoms with E-state index in [0.717, 1.165) is 21.8 Å². The Bertz CT molecular complexity index is 601. The van der Waals surface area contributed by atoms with E-state index >= 15 is 0 Å². The van der Waals surface area contributed by atoms with Gasteiger partial charge >= 0.3 is 0 Å². The lowest BCUT2D eigenvalue weighted by molar-refractivity contribution is 0.766. The molecule has 1 aromatic carbocycles. The summed E-state index contributed by atoms with van der Waals surface area (Å²) in [6, 6.07) is 7.87. The molecule has 0 aliphatic rings. The van der Waals surface area contributed by atoms with Crippen molar-refractivity contribution in [3.05, 3.63) is 41.7 Å². The molecule has 0 aliphatic carbocycles. The molecule has 0 unspecified atom stereocenters. The molecule has 5 heteroatoms. The van der Waals surface area contributed by atoms with Crippen molar-refractivity contribution in [1.29, 1.82) is 5.41 Å². The Labute approximate surface area is 117 Å². The van der Waals surface area contributed by atoms with Crippen molar-refractivity contribution in [2.45, 2.75) is 24.7 Å². The summed E-state index contributed by atoms with van der Waals surface area (Å²) in [6.07, 6.45) is 3.90. The Balaban J connectivity index is 2.57. The molecule has 0 saturated heterocycles. The van der Waals surface area contributed by atoms with Crippen molar-refractivity contribution in [2.75, 3.05) is 6.26 Å². The highest BCUT2D eigenvalue weighted by molar-refractivity contribution is 7.98. The molecule has 0 fully saturated rings. The fraction of sp³-hybridized carbons (Fsp3) is 0.286. The number of aromatic nitrogens is 2. The first-order chi connectivity index (χ1) is 9.04. The highest BCUT2D eigenvalue weighted by atomic mass is 32.2. The van der Waals surface area contributed by atoms with Crippen LogP contribution in [0.3, 0.4) is 0 Å². The van der Waals surface area contributed by atoms with E-state index in [9.17, 15) is 0 Å². The van der Waals surface area contributed by atoms with E-state index in [0.29, 0.717) is 5.92 Å². The van der Waals surface area contributed by atoms with Crippen LogP contribution < -0.4 is 5.73 Å². The molecule has 4 nitrogen and oxygen atoms in total. The van der Waals surface area contributed by atoms with Crippen LogP contribution in [0.5, 0.6) is 0 Å². The number of nitrogens with one attached hydrogen (secondary N) is 1. The first-order valence-corrected chi connectivity index (χ1v) is 7.34. The Morgan fingerprint density at radius 1 is 1.37 bits per heavy atom. The molecule has 1 aromatic heterocycles. The summed E-state index contributed by atoms with van der Waals surface area (Å²) in [7, 11) is 0. The van der Waals surface area contributed by atoms with Crippen LogP contribution in [0.15, 0.2) is 35.4 Å². The molecule has 3 N–H and O–H groups in total. The second-order valence-corrected chi connectivity index (χ2v) is 5.46. The highest BCUT2D eigenvalue weighted by Gasteiger charge is 2.13. The summed E-state index contributed by atoms with van der Waals surface area (Å²) in [5.74, 6) is 0.451. The lowest BCUT2D eigenvalue weighted by atomic mass is 10.1. The molecule has 0 amide bonds. The smallest absolute Gasteiger partial charge is 0.126 e. The number of hydrogen-bond acceptors (Lipinski definition) is 3. The van der Waals surface area contributed by atoms with Crippen molar-refractivity contribution >= 4 is 17.6 Å². The molecule has 2 aromatic rings. The molecule has 0 radical (unpaired) electrons. The molecule has 0 bridgehead atoms. The first kappa shape index (κ1) is 13.7. The van der Waals surface area contributed by atoms with Crippen molar-refractivity contribution in [1.82, 2.24) is 9.78 Å². The molecule has 2 rings (SSSR count). The lowest BCUT2D eigenvalue weighted by Gasteiger charge is -2.12. The zero-order valence-corrected chi connectivity index (χ0v) is 12.2. The Kier molecular flexibility index (Phi) is 3.95. The summed E-state index contributed by atoms with van der Waals surface area (Å²) in [4.78, 5) is 0.992. The fourth-order valence-corrected chi connectivity index (χ4v) is 2.56. The van der Waals surface area contributed by atoms with Gasteiger partial charge in [-0.25, -0.2) is 4.68 Å². The first-order valence-electron chi connectivity index (χ1n) is 6.12. The molecular weight excluding hydrogens is 256 g/mol. The van der Waals surface area contributed by atoms with Gasteiger partial charge in [-0.1, -0.05) is 19.9 Å². The number of benzene rings is 1. The molecule has 0 saturated carbocycles. The van der Waals surface area contributed by atoms with Crippen LogP contribution in [-0.4, -0.2) is 21.9 Å². The van der Waals surface area contributed by atoms with Crippen LogP contribution in [0.1, 0.15) is 31.0 Å². The van der Waals surface area contributed by atoms with Crippen molar-refractivity contribution in [3.8, 4) is 5.69 Å². The Hall–Kier alpha value is -1.75. The van der Waals surface area contributed by atoms with Crippen molar-refractivity contribution in [2.24, 2.45) is 5.73 Å². The fourth-order valence-electron chi connectivity index (χ4n) is 1.93. The average molecular weight is 274 g/mol. The number of amidine groups is 1. The van der Waals surface area contributed by atoms with E-state index in [1.807, 2.05) is 36.7 Å². The molecule has 19 heavy (non-hydrogen) atoms. The van der Waals surface area contributed by atoms with Gasteiger partial charge in [-0.2, -0.15) is 5.10 Å². The largest absolute Gasteiger partial charge is 0.384 e. The van der Waals surface area contributed by atoms with Crippen LogP contribution in [0.4, 0.5) is 0 Å². The van der Waals surface area contributed by atoms with E-state index in [2.05, 4.69) is 18.9 Å². The van der Waals surface area contributed by atoms with E-state index < -0.39 is 0 Å². The van der Waals surface area contributed by atoms with Crippen molar-refractivity contribution < 1.29 is 0 Å². The van der Waals surface area contributed by atoms with Gasteiger partial charge in [0.1, 0.15) is 5.84 Å². The quantitative estimate of drug-likeness (QED) is 0.511. The molecule has 100 valence electrons. The van der Waals surface area contributed by atoms with E-state index in [4.69, 9.17) is 11.1 Å². The minimum Gasteiger partial charge on any atom is -0.384 e. The predicted octanol–water partition coefficient (Wildman–Crippen LogP) is 3.00. The van der Waals surface area contributed by atoms with Crippen LogP contribution in [0, 0.1) is 5.41 Å². The average Bonchev–Trinajstić information content (AvgIpc) is 2.87. The van der Waals surface area contributed by atoms with E-state index in [1.54, 1.807) is 16.4 Å². The van der Waals surface area contributed by atoms with Gasteiger partial charge in [0.25, 0.3) is 0 Å². The normalized spacial score (nSPS) is 10.9. The highest BCUT2D eigenvalue weighted by Crippen LogP contribution is 2.26. The summed E-state index contributed by atoms with van der Waals surface area (Å²) >= 11 is 1.58. The van der Waals surface area contributed by atoms with E-state index in [-0.39, 0.29) is 5.84 Å². The molecule has 0 spiro atoms. The van der Waals surface area contributed by atoms with Crippen LogP contribution in [0.2, 0.25) is 0 Å². The molecule has 0 aliphatic heterocycles. The topological polar surface area (TPSA) is 67.7 Å². The summed E-state index contributed by atoms with van der Waals surface area (Å²) in [5.41, 5.74) is 8.35. The zero-order valence-electron chi connectivity index (χ0n) is 11.3. The third-order valence-corrected chi connectivity index (χ3v) is 3.72. The summed E-state index contributed by atoms with van der Waals surface area (Å²) in [5, 5.41) is 12.3.